The number of benzene rings is 1. The fourth-order valence-electron chi connectivity index (χ4n) is 4.31. The van der Waals surface area contributed by atoms with Crippen molar-refractivity contribution in [2.24, 2.45) is 0 Å². The lowest BCUT2D eigenvalue weighted by Gasteiger charge is -2.39. The molecule has 0 amide bonds. The summed E-state index contributed by atoms with van der Waals surface area (Å²) >= 11 is 0. The van der Waals surface area contributed by atoms with Crippen LogP contribution in [0.15, 0.2) is 24.3 Å². The summed E-state index contributed by atoms with van der Waals surface area (Å²) in [7, 11) is 0. The van der Waals surface area contributed by atoms with Crippen LogP contribution in [0.25, 0.3) is 0 Å². The van der Waals surface area contributed by atoms with Crippen LogP contribution in [-0.2, 0) is 0 Å². The van der Waals surface area contributed by atoms with Crippen LogP contribution < -0.4 is 5.32 Å². The van der Waals surface area contributed by atoms with E-state index in [0.717, 1.165) is 13.1 Å². The minimum absolute atomic E-state index is 0.519. The molecule has 1 saturated carbocycles. The molecule has 0 aromatic heterocycles. The maximum atomic E-state index is 9.12. The molecule has 0 spiro atoms. The second-order valence-corrected chi connectivity index (χ2v) is 7.40. The Kier molecular flexibility index (Phi) is 5.70. The second kappa shape index (κ2) is 7.95. The highest BCUT2D eigenvalue weighted by Gasteiger charge is 2.29. The maximum absolute atomic E-state index is 9.12. The Morgan fingerprint density at radius 3 is 2.74 bits per heavy atom. The number of nitrogens with one attached hydrogen (secondary N) is 1. The zero-order chi connectivity index (χ0) is 16.1. The van der Waals surface area contributed by atoms with Gasteiger partial charge in [0.15, 0.2) is 0 Å². The Hall–Kier alpha value is -1.37. The summed E-state index contributed by atoms with van der Waals surface area (Å²) < 4.78 is 0. The van der Waals surface area contributed by atoms with Gasteiger partial charge in [0.25, 0.3) is 0 Å². The van der Waals surface area contributed by atoms with E-state index in [1.54, 1.807) is 0 Å². The van der Waals surface area contributed by atoms with Crippen molar-refractivity contribution in [1.29, 1.82) is 5.26 Å². The van der Waals surface area contributed by atoms with Crippen molar-refractivity contribution < 1.29 is 0 Å². The molecule has 1 heterocycles. The zero-order valence-corrected chi connectivity index (χ0v) is 14.3. The second-order valence-electron chi connectivity index (χ2n) is 7.40. The fraction of sp³-hybridized carbons (Fsp3) is 0.650. The number of hydrogen-bond acceptors (Lipinski definition) is 3. The smallest absolute Gasteiger partial charge is 0.0866 e. The number of rotatable bonds is 4. The SMILES string of the molecule is Cc1cccc(C2CC(NC3CCCCC3)CN(CC#N)C2)c1. The van der Waals surface area contributed by atoms with E-state index in [4.69, 9.17) is 5.26 Å². The lowest BCUT2D eigenvalue weighted by atomic mass is 9.86. The molecule has 3 rings (SSSR count). The molecule has 1 saturated heterocycles. The molecule has 23 heavy (non-hydrogen) atoms. The van der Waals surface area contributed by atoms with Gasteiger partial charge in [0.2, 0.25) is 0 Å². The number of hydrogen-bond donors (Lipinski definition) is 1. The van der Waals surface area contributed by atoms with E-state index in [1.807, 2.05) is 0 Å². The van der Waals surface area contributed by atoms with Crippen molar-refractivity contribution in [3.8, 4) is 6.07 Å². The molecular weight excluding hydrogens is 282 g/mol. The van der Waals surface area contributed by atoms with Crippen LogP contribution in [0.4, 0.5) is 0 Å². The van der Waals surface area contributed by atoms with Crippen molar-refractivity contribution in [2.45, 2.75) is 63.5 Å². The molecule has 2 aliphatic rings. The third-order valence-electron chi connectivity index (χ3n) is 5.41. The van der Waals surface area contributed by atoms with Crippen molar-refractivity contribution in [3.63, 3.8) is 0 Å². The largest absolute Gasteiger partial charge is 0.310 e. The summed E-state index contributed by atoms with van der Waals surface area (Å²) in [5.74, 6) is 0.540. The summed E-state index contributed by atoms with van der Waals surface area (Å²) in [5.41, 5.74) is 2.76. The van der Waals surface area contributed by atoms with Crippen LogP contribution in [0.3, 0.4) is 0 Å². The monoisotopic (exact) mass is 311 g/mol. The first-order chi connectivity index (χ1) is 11.2. The third kappa shape index (κ3) is 4.56. The highest BCUT2D eigenvalue weighted by atomic mass is 15.2. The summed E-state index contributed by atoms with van der Waals surface area (Å²) in [5, 5.41) is 13.0. The van der Waals surface area contributed by atoms with E-state index in [1.165, 1.54) is 49.7 Å². The van der Waals surface area contributed by atoms with Gasteiger partial charge in [0.1, 0.15) is 0 Å². The first kappa shape index (κ1) is 16.5. The molecule has 0 bridgehead atoms. The highest BCUT2D eigenvalue weighted by Crippen LogP contribution is 2.29. The van der Waals surface area contributed by atoms with Gasteiger partial charge in [0, 0.05) is 25.2 Å². The van der Waals surface area contributed by atoms with E-state index in [9.17, 15) is 0 Å². The van der Waals surface area contributed by atoms with Crippen LogP contribution in [-0.4, -0.2) is 36.6 Å². The van der Waals surface area contributed by atoms with Crippen LogP contribution >= 0.6 is 0 Å². The van der Waals surface area contributed by atoms with Crippen LogP contribution in [0, 0.1) is 18.3 Å². The van der Waals surface area contributed by atoms with Gasteiger partial charge >= 0.3 is 0 Å². The van der Waals surface area contributed by atoms with E-state index in [-0.39, 0.29) is 0 Å². The van der Waals surface area contributed by atoms with Gasteiger partial charge in [-0.3, -0.25) is 4.90 Å². The first-order valence-corrected chi connectivity index (χ1v) is 9.16. The highest BCUT2D eigenvalue weighted by molar-refractivity contribution is 5.26. The summed E-state index contributed by atoms with van der Waals surface area (Å²) in [4.78, 5) is 2.33. The predicted octanol–water partition coefficient (Wildman–Crippen LogP) is 3.60. The van der Waals surface area contributed by atoms with E-state index in [0.29, 0.717) is 24.5 Å². The van der Waals surface area contributed by atoms with Crippen molar-refractivity contribution >= 4 is 0 Å². The lowest BCUT2D eigenvalue weighted by Crippen LogP contribution is -2.51. The molecule has 0 radical (unpaired) electrons. The number of likely N-dealkylation sites (tertiary alicyclic amines) is 1. The first-order valence-electron chi connectivity index (χ1n) is 9.16. The van der Waals surface area contributed by atoms with Gasteiger partial charge in [-0.05, 0) is 37.7 Å². The summed E-state index contributed by atoms with van der Waals surface area (Å²) in [6, 6.07) is 12.5. The van der Waals surface area contributed by atoms with Gasteiger partial charge < -0.3 is 5.32 Å². The molecule has 1 aromatic carbocycles. The molecule has 1 N–H and O–H groups in total. The molecule has 1 aromatic rings. The number of piperidine rings is 1. The normalized spacial score (nSPS) is 26.8. The third-order valence-corrected chi connectivity index (χ3v) is 5.41. The standard InChI is InChI=1S/C20H29N3/c1-16-6-5-7-17(12-16)18-13-20(15-23(14-18)11-10-21)22-19-8-3-2-4-9-19/h5-7,12,18-20,22H,2-4,8-9,11,13-15H2,1H3. The molecule has 1 aliphatic carbocycles. The average Bonchev–Trinajstić information content (AvgIpc) is 2.56. The van der Waals surface area contributed by atoms with Crippen molar-refractivity contribution in [3.05, 3.63) is 35.4 Å². The van der Waals surface area contributed by atoms with Gasteiger partial charge in [-0.15, -0.1) is 0 Å². The predicted molar refractivity (Wildman–Crippen MR) is 94.4 cm³/mol. The number of nitriles is 1. The minimum atomic E-state index is 0.519. The Labute approximate surface area is 140 Å². The lowest BCUT2D eigenvalue weighted by molar-refractivity contribution is 0.173. The Bertz CT molecular complexity index is 542. The maximum Gasteiger partial charge on any atom is 0.0866 e. The number of nitrogens with zero attached hydrogens (tertiary/aromatic N) is 2. The Morgan fingerprint density at radius 2 is 2.00 bits per heavy atom. The molecule has 124 valence electrons. The van der Waals surface area contributed by atoms with E-state index < -0.39 is 0 Å². The fourth-order valence-corrected chi connectivity index (χ4v) is 4.31. The van der Waals surface area contributed by atoms with Crippen molar-refractivity contribution in [2.75, 3.05) is 19.6 Å². The number of aryl methyl sites for hydroxylation is 1. The average molecular weight is 311 g/mol. The molecule has 1 aliphatic heterocycles. The molecule has 2 atom stereocenters. The van der Waals surface area contributed by atoms with E-state index in [2.05, 4.69) is 47.5 Å². The minimum Gasteiger partial charge on any atom is -0.310 e. The topological polar surface area (TPSA) is 39.1 Å². The Morgan fingerprint density at radius 1 is 1.17 bits per heavy atom. The molecular formula is C20H29N3. The van der Waals surface area contributed by atoms with Gasteiger partial charge in [-0.2, -0.15) is 5.26 Å². The molecule has 3 heteroatoms. The molecule has 2 fully saturated rings. The summed E-state index contributed by atoms with van der Waals surface area (Å²) in [6.07, 6.45) is 7.98. The van der Waals surface area contributed by atoms with Gasteiger partial charge in [0.05, 0.1) is 12.6 Å². The Balaban J connectivity index is 1.68. The van der Waals surface area contributed by atoms with Crippen LogP contribution in [0.1, 0.15) is 55.6 Å². The summed E-state index contributed by atoms with van der Waals surface area (Å²) in [6.45, 7) is 4.74. The van der Waals surface area contributed by atoms with Crippen LogP contribution in [0.5, 0.6) is 0 Å². The molecule has 2 unspecified atom stereocenters. The zero-order valence-electron chi connectivity index (χ0n) is 14.3. The van der Waals surface area contributed by atoms with E-state index >= 15 is 0 Å². The van der Waals surface area contributed by atoms with Gasteiger partial charge in [-0.1, -0.05) is 49.1 Å². The van der Waals surface area contributed by atoms with Crippen LogP contribution in [0.2, 0.25) is 0 Å². The quantitative estimate of drug-likeness (QED) is 0.864. The van der Waals surface area contributed by atoms with Gasteiger partial charge in [-0.25, -0.2) is 0 Å². The molecule has 3 nitrogen and oxygen atoms in total. The van der Waals surface area contributed by atoms with Crippen molar-refractivity contribution in [1.82, 2.24) is 10.2 Å².